The summed E-state index contributed by atoms with van der Waals surface area (Å²) in [6, 6.07) is 0. The summed E-state index contributed by atoms with van der Waals surface area (Å²) in [5, 5.41) is 18.2. The molecule has 4 atom stereocenters. The molecule has 1 heterocycles. The van der Waals surface area contributed by atoms with Gasteiger partial charge in [-0.1, -0.05) is 0 Å². The van der Waals surface area contributed by atoms with Gasteiger partial charge in [0.1, 0.15) is 18.3 Å². The molecule has 0 aliphatic carbocycles. The monoisotopic (exact) mass is 162 g/mol. The first-order chi connectivity index (χ1) is 5.20. The molecule has 0 spiro atoms. The Labute approximate surface area is 65.7 Å². The molecule has 0 bridgehead atoms. The zero-order chi connectivity index (χ0) is 8.43. The van der Waals surface area contributed by atoms with Gasteiger partial charge < -0.3 is 19.7 Å². The van der Waals surface area contributed by atoms with Gasteiger partial charge in [-0.05, 0) is 6.92 Å². The van der Waals surface area contributed by atoms with Gasteiger partial charge in [0, 0.05) is 7.11 Å². The van der Waals surface area contributed by atoms with Crippen LogP contribution in [0, 0.1) is 0 Å². The predicted molar refractivity (Wildman–Crippen MR) is 38.2 cm³/mol. The molecule has 0 radical (unpaired) electrons. The van der Waals surface area contributed by atoms with Crippen LogP contribution in [0.5, 0.6) is 0 Å². The van der Waals surface area contributed by atoms with Crippen LogP contribution in [0.4, 0.5) is 0 Å². The zero-order valence-electron chi connectivity index (χ0n) is 6.73. The molecule has 0 amide bonds. The van der Waals surface area contributed by atoms with Crippen LogP contribution >= 0.6 is 0 Å². The lowest BCUT2D eigenvalue weighted by molar-refractivity contribution is -0.0343. The van der Waals surface area contributed by atoms with Crippen LogP contribution in [-0.2, 0) is 9.47 Å². The molecule has 0 aromatic carbocycles. The summed E-state index contributed by atoms with van der Waals surface area (Å²) in [6.07, 6.45) is -1.66. The predicted octanol–water partition coefficient (Wildman–Crippen LogP) is -0.858. The zero-order valence-corrected chi connectivity index (χ0v) is 6.73. The minimum absolute atomic E-state index is 0.111. The molecule has 1 aliphatic heterocycles. The van der Waals surface area contributed by atoms with Crippen molar-refractivity contribution in [1.29, 1.82) is 0 Å². The molecule has 1 rings (SSSR count). The number of aliphatic hydroxyl groups excluding tert-OH is 2. The van der Waals surface area contributed by atoms with Gasteiger partial charge >= 0.3 is 0 Å². The second kappa shape index (κ2) is 3.49. The molecule has 1 aliphatic rings. The maximum atomic E-state index is 9.40. The topological polar surface area (TPSA) is 58.9 Å². The van der Waals surface area contributed by atoms with E-state index in [0.717, 1.165) is 0 Å². The highest BCUT2D eigenvalue weighted by atomic mass is 16.6. The molecule has 11 heavy (non-hydrogen) atoms. The normalized spacial score (nSPS) is 44.7. The number of hydrogen-bond donors (Lipinski definition) is 2. The van der Waals surface area contributed by atoms with Crippen molar-refractivity contribution in [3.8, 4) is 0 Å². The molecule has 66 valence electrons. The Morgan fingerprint density at radius 2 is 2.18 bits per heavy atom. The maximum absolute atomic E-state index is 9.40. The number of rotatable bonds is 2. The molecular formula is C7H14O4. The highest BCUT2D eigenvalue weighted by molar-refractivity contribution is 4.88. The van der Waals surface area contributed by atoms with E-state index in [4.69, 9.17) is 14.6 Å². The van der Waals surface area contributed by atoms with E-state index in [-0.39, 0.29) is 18.8 Å². The van der Waals surface area contributed by atoms with E-state index in [9.17, 15) is 5.11 Å². The van der Waals surface area contributed by atoms with E-state index in [1.807, 2.05) is 0 Å². The lowest BCUT2D eigenvalue weighted by Crippen LogP contribution is -2.35. The second-order valence-electron chi connectivity index (χ2n) is 2.75. The largest absolute Gasteiger partial charge is 0.394 e. The molecule has 4 nitrogen and oxygen atoms in total. The van der Waals surface area contributed by atoms with Gasteiger partial charge in [-0.25, -0.2) is 0 Å². The van der Waals surface area contributed by atoms with Crippen molar-refractivity contribution in [1.82, 2.24) is 0 Å². The lowest BCUT2D eigenvalue weighted by atomic mass is 10.1. The third-order valence-electron chi connectivity index (χ3n) is 2.03. The second-order valence-corrected chi connectivity index (χ2v) is 2.75. The molecule has 0 aromatic rings. The van der Waals surface area contributed by atoms with Gasteiger partial charge in [0.15, 0.2) is 0 Å². The van der Waals surface area contributed by atoms with E-state index in [1.165, 1.54) is 7.11 Å². The van der Waals surface area contributed by atoms with Crippen molar-refractivity contribution in [2.24, 2.45) is 0 Å². The Morgan fingerprint density at radius 1 is 1.55 bits per heavy atom. The molecule has 1 fully saturated rings. The summed E-state index contributed by atoms with van der Waals surface area (Å²) in [6.45, 7) is 1.65. The Kier molecular flexibility index (Phi) is 2.84. The van der Waals surface area contributed by atoms with Crippen molar-refractivity contribution in [2.45, 2.75) is 31.3 Å². The molecule has 2 N–H and O–H groups in total. The third kappa shape index (κ3) is 1.54. The summed E-state index contributed by atoms with van der Waals surface area (Å²) in [4.78, 5) is 0. The van der Waals surface area contributed by atoms with Gasteiger partial charge in [-0.2, -0.15) is 0 Å². The fourth-order valence-electron chi connectivity index (χ4n) is 1.36. The van der Waals surface area contributed by atoms with Gasteiger partial charge in [0.25, 0.3) is 0 Å². The lowest BCUT2D eigenvalue weighted by Gasteiger charge is -2.15. The summed E-state index contributed by atoms with van der Waals surface area (Å²) in [7, 11) is 1.50. The summed E-state index contributed by atoms with van der Waals surface area (Å²) in [5.41, 5.74) is 0. The molecule has 1 saturated heterocycles. The van der Waals surface area contributed by atoms with Crippen molar-refractivity contribution in [3.05, 3.63) is 0 Å². The fraction of sp³-hybridized carbons (Fsp3) is 1.00. The molecule has 0 aromatic heterocycles. The standard InChI is InChI=1S/C7H14O4/c1-4-6(9)7(10-2)5(3-8)11-4/h4-9H,3H2,1-2H3. The van der Waals surface area contributed by atoms with E-state index >= 15 is 0 Å². The quantitative estimate of drug-likeness (QED) is 0.555. The number of hydrogen-bond acceptors (Lipinski definition) is 4. The van der Waals surface area contributed by atoms with Crippen LogP contribution in [0.1, 0.15) is 6.92 Å². The number of methoxy groups -OCH3 is 1. The van der Waals surface area contributed by atoms with Crippen LogP contribution in [0.15, 0.2) is 0 Å². The fourth-order valence-corrected chi connectivity index (χ4v) is 1.36. The minimum Gasteiger partial charge on any atom is -0.394 e. The number of ether oxygens (including phenoxy) is 2. The van der Waals surface area contributed by atoms with Crippen molar-refractivity contribution >= 4 is 0 Å². The first-order valence-electron chi connectivity index (χ1n) is 3.68. The summed E-state index contributed by atoms with van der Waals surface area (Å²) < 4.78 is 10.2. The molecular weight excluding hydrogens is 148 g/mol. The average molecular weight is 162 g/mol. The van der Waals surface area contributed by atoms with Crippen molar-refractivity contribution in [2.75, 3.05) is 13.7 Å². The van der Waals surface area contributed by atoms with Crippen LogP contribution in [0.3, 0.4) is 0 Å². The van der Waals surface area contributed by atoms with Crippen molar-refractivity contribution < 1.29 is 19.7 Å². The Bertz CT molecular complexity index is 128. The van der Waals surface area contributed by atoms with Gasteiger partial charge in [-0.15, -0.1) is 0 Å². The Morgan fingerprint density at radius 3 is 2.55 bits per heavy atom. The van der Waals surface area contributed by atoms with E-state index in [0.29, 0.717) is 0 Å². The van der Waals surface area contributed by atoms with Gasteiger partial charge in [-0.3, -0.25) is 0 Å². The first kappa shape index (κ1) is 8.93. The van der Waals surface area contributed by atoms with Crippen molar-refractivity contribution in [3.63, 3.8) is 0 Å². The third-order valence-corrected chi connectivity index (χ3v) is 2.03. The smallest absolute Gasteiger partial charge is 0.114 e. The molecule has 4 unspecified atom stereocenters. The summed E-state index contributed by atoms with van der Waals surface area (Å²) >= 11 is 0. The number of aliphatic hydroxyl groups is 2. The highest BCUT2D eigenvalue weighted by Crippen LogP contribution is 2.22. The van der Waals surface area contributed by atoms with Crippen LogP contribution in [0.25, 0.3) is 0 Å². The van der Waals surface area contributed by atoms with Crippen LogP contribution in [-0.4, -0.2) is 48.3 Å². The Balaban J connectivity index is 2.57. The van der Waals surface area contributed by atoms with Gasteiger partial charge in [0.2, 0.25) is 0 Å². The molecule has 4 heteroatoms. The van der Waals surface area contributed by atoms with E-state index in [1.54, 1.807) is 6.92 Å². The van der Waals surface area contributed by atoms with Crippen LogP contribution < -0.4 is 0 Å². The summed E-state index contributed by atoms with van der Waals surface area (Å²) in [5.74, 6) is 0. The minimum atomic E-state index is -0.628. The van der Waals surface area contributed by atoms with Gasteiger partial charge in [0.05, 0.1) is 12.7 Å². The first-order valence-corrected chi connectivity index (χ1v) is 3.68. The maximum Gasteiger partial charge on any atom is 0.114 e. The van der Waals surface area contributed by atoms with E-state index in [2.05, 4.69) is 0 Å². The van der Waals surface area contributed by atoms with Crippen LogP contribution in [0.2, 0.25) is 0 Å². The average Bonchev–Trinajstić information content (AvgIpc) is 2.28. The SMILES string of the molecule is COC1C(CO)OC(C)C1O. The highest BCUT2D eigenvalue weighted by Gasteiger charge is 2.40. The Hall–Kier alpha value is -0.160. The molecule has 0 saturated carbocycles. The van der Waals surface area contributed by atoms with E-state index < -0.39 is 12.2 Å².